The molecule has 3 saturated heterocycles. The smallest absolute Gasteiger partial charge is 0.399 e. The maximum atomic E-state index is 14.9. The van der Waals surface area contributed by atoms with Gasteiger partial charge in [-0.05, 0) is 160 Å². The minimum Gasteiger partial charge on any atom is -0.399 e. The molecule has 3 fully saturated rings. The van der Waals surface area contributed by atoms with Gasteiger partial charge in [-0.1, -0.05) is 112 Å². The topological polar surface area (TPSA) is 403 Å². The van der Waals surface area contributed by atoms with Gasteiger partial charge in [0.2, 0.25) is 23.7 Å². The summed E-state index contributed by atoms with van der Waals surface area (Å²) in [5, 5.41) is 11.1. The van der Waals surface area contributed by atoms with Crippen LogP contribution in [0.5, 0.6) is 0 Å². The number of nitrogens with two attached hydrogens (primary N) is 2. The number of amides is 2. The Hall–Kier alpha value is -9.52. The van der Waals surface area contributed by atoms with Crippen molar-refractivity contribution in [2.75, 3.05) is 89.6 Å². The highest BCUT2D eigenvalue weighted by atomic mass is 79.9. The maximum absolute atomic E-state index is 14.9. The SMILES string of the molecule is CCC(Br)C(N)=O.CCC(C(N)=O)N1CCN(C)CC1.CN1CCNCC1.Cc1ccc(S(=O)(=O)n2cc(-c3nc(Nc4cccc(S(C)(=O)=O)c4F)ncc3C)c3ccnc(Cl)c32)cc1.Cc1ccc(S(=O)(=O)n2cc(B3OC(C)(C)C(C)(C)O3)c3ccnc(Cl)c32)cc1.Cc1cnc(Nc2cccc(S(C)(=O)=O)c2F)nc1-c1c[nH]c2c(Cl)nccc12. The summed E-state index contributed by atoms with van der Waals surface area (Å²) in [5.74, 6) is -2.23. The van der Waals surface area contributed by atoms with E-state index in [-0.39, 0.29) is 71.6 Å². The molecule has 0 bridgehead atoms. The van der Waals surface area contributed by atoms with E-state index in [0.29, 0.717) is 54.9 Å². The van der Waals surface area contributed by atoms with Crippen molar-refractivity contribution < 1.29 is 61.3 Å². The number of fused-ring (bicyclic) bond motifs is 3. The predicted octanol–water partition coefficient (Wildman–Crippen LogP) is 12.8. The van der Waals surface area contributed by atoms with Gasteiger partial charge < -0.3 is 51.5 Å². The monoisotopic (exact) mass is 1900 g/mol. The number of primary amides is 2. The highest BCUT2D eigenvalue weighted by Crippen LogP contribution is 2.41. The van der Waals surface area contributed by atoms with Crippen LogP contribution in [0.4, 0.5) is 32.1 Å². The molecule has 41 heteroatoms. The number of nitrogens with one attached hydrogen (secondary N) is 4. The first-order chi connectivity index (χ1) is 58.3. The summed E-state index contributed by atoms with van der Waals surface area (Å²) in [6.07, 6.45) is 15.8. The van der Waals surface area contributed by atoms with Crippen LogP contribution < -0.4 is 32.9 Å². The first-order valence-corrected chi connectivity index (χ1v) is 47.7. The third kappa shape index (κ3) is 22.6. The number of nitrogens with zero attached hydrogens (tertiary/aromatic N) is 12. The molecule has 660 valence electrons. The van der Waals surface area contributed by atoms with E-state index in [1.807, 2.05) is 68.4 Å². The second kappa shape index (κ2) is 40.4. The number of likely N-dealkylation sites (N-methyl/N-ethyl adjacent to an activating group) is 2. The summed E-state index contributed by atoms with van der Waals surface area (Å²) in [7, 11) is -11.9. The van der Waals surface area contributed by atoms with Gasteiger partial charge in [-0.3, -0.25) is 14.5 Å². The van der Waals surface area contributed by atoms with Gasteiger partial charge in [0, 0.05) is 147 Å². The number of alkyl halides is 1. The predicted molar refractivity (Wildman–Crippen MR) is 486 cm³/mol. The van der Waals surface area contributed by atoms with Crippen molar-refractivity contribution in [1.82, 2.24) is 67.8 Å². The van der Waals surface area contributed by atoms with Gasteiger partial charge in [0.15, 0.2) is 46.8 Å². The molecule has 124 heavy (non-hydrogen) atoms. The second-order valence-electron chi connectivity index (χ2n) is 30.6. The van der Waals surface area contributed by atoms with E-state index in [9.17, 15) is 52.0 Å². The third-order valence-corrected chi connectivity index (χ3v) is 28.4. The molecule has 15 rings (SSSR count). The standard InChI is InChI=1S/C26H21ClFN5O4S2.C20H22BClN2O4S.C19H15ClFN5O2S.C9H19N3O.C5H12N2.C4H8BrNO/c1-15-7-9-17(10-8-15)39(36,37)33-14-19(18-11-12-29-25(27)24(18)33)23-16(2)13-30-26(32-23)31-20-5-4-6-21(22(20)28)38(3,34)35;1-13-6-8-14(9-7-13)29(25,26)24-12-16(15-10-11-23-18(22)17(15)24)21-27-19(2,3)20(4,5)28-21;1-10-8-24-19(25-13-4-3-5-14(15(13)21)29(2,27)28)26-16(10)12-9-23-17-11(12)6-7-22-18(17)20;1-3-8(9(10)13)12-6-4-11(2)5-7-12;1-7-4-2-6-3-5-7;1-2-3(5)4(6)7/h4-14H,1-3H3,(H,30,31,32);6-12H,1-5H3;3-9,23H,1-2H3,(H,24,25,26);8H,3-7H2,1-2H3,(H2,10,13);6H,2-5H2,1H3;3H,2H2,1H3,(H2,6,7). The number of rotatable bonds is 18. The second-order valence-corrected chi connectivity index (χ2v) is 40.4. The molecule has 30 nitrogen and oxygen atoms in total. The minimum atomic E-state index is -4.06. The van der Waals surface area contributed by atoms with Crippen molar-refractivity contribution in [1.29, 1.82) is 0 Å². The van der Waals surface area contributed by atoms with E-state index in [4.69, 9.17) is 55.6 Å². The average Bonchev–Trinajstić information content (AvgIpc) is 1.58. The van der Waals surface area contributed by atoms with Crippen LogP contribution in [0.2, 0.25) is 15.5 Å². The number of anilines is 4. The lowest BCUT2D eigenvalue weighted by molar-refractivity contribution is -0.124. The average molecular weight is 1900 g/mol. The molecular weight excluding hydrogens is 1800 g/mol. The van der Waals surface area contributed by atoms with Crippen LogP contribution in [0, 0.1) is 39.3 Å². The largest absolute Gasteiger partial charge is 0.497 e. The minimum absolute atomic E-state index is 0.0147. The highest BCUT2D eigenvalue weighted by Gasteiger charge is 2.53. The van der Waals surface area contributed by atoms with Crippen LogP contribution in [0.25, 0.3) is 55.2 Å². The normalized spacial score (nSPS) is 15.5. The zero-order valence-electron chi connectivity index (χ0n) is 70.6. The van der Waals surface area contributed by atoms with E-state index in [1.165, 1.54) is 90.4 Å². The number of aromatic amines is 1. The zero-order chi connectivity index (χ0) is 90.9. The molecule has 2 atom stereocenters. The Labute approximate surface area is 743 Å². The number of aromatic nitrogens is 10. The van der Waals surface area contributed by atoms with E-state index in [1.54, 1.807) is 80.2 Å². The fourth-order valence-electron chi connectivity index (χ4n) is 13.2. The van der Waals surface area contributed by atoms with Crippen LogP contribution >= 0.6 is 50.7 Å². The fraction of sp³-hybridized carbons (Fsp3) is 0.337. The van der Waals surface area contributed by atoms with E-state index >= 15 is 0 Å². The number of carbonyl (C=O) groups is 2. The molecule has 0 spiro atoms. The van der Waals surface area contributed by atoms with Crippen molar-refractivity contribution in [2.45, 2.75) is 124 Å². The molecule has 3 aliphatic rings. The summed E-state index contributed by atoms with van der Waals surface area (Å²) in [4.78, 5) is 59.9. The quantitative estimate of drug-likeness (QED) is 0.0264. The number of hydrogen-bond acceptors (Lipinski definition) is 25. The lowest BCUT2D eigenvalue weighted by atomic mass is 9.79. The van der Waals surface area contributed by atoms with E-state index in [0.717, 1.165) is 96.2 Å². The molecule has 2 unspecified atom stereocenters. The summed E-state index contributed by atoms with van der Waals surface area (Å²) in [6.45, 7) is 27.8. The van der Waals surface area contributed by atoms with Crippen molar-refractivity contribution in [3.05, 3.63) is 202 Å². The van der Waals surface area contributed by atoms with Gasteiger partial charge >= 0.3 is 7.12 Å². The number of piperazine rings is 2. The van der Waals surface area contributed by atoms with Crippen LogP contribution in [0.3, 0.4) is 0 Å². The van der Waals surface area contributed by atoms with Crippen LogP contribution in [0.1, 0.15) is 76.6 Å². The van der Waals surface area contributed by atoms with E-state index in [2.05, 4.69) is 101 Å². The molecule has 3 aliphatic heterocycles. The van der Waals surface area contributed by atoms with Gasteiger partial charge in [-0.2, -0.15) is 0 Å². The molecule has 11 heterocycles. The number of carbonyl (C=O) groups excluding carboxylic acids is 2. The number of aryl methyl sites for hydroxylation is 4. The van der Waals surface area contributed by atoms with Crippen molar-refractivity contribution >= 4 is 171 Å². The fourth-order valence-corrected chi connectivity index (χ4v) is 18.3. The molecule has 0 aliphatic carbocycles. The van der Waals surface area contributed by atoms with Gasteiger partial charge in [-0.25, -0.2) is 85.3 Å². The Bertz CT molecular complexity index is 6370. The Balaban J connectivity index is 0.000000170. The van der Waals surface area contributed by atoms with E-state index < -0.39 is 79.5 Å². The molecule has 0 radical (unpaired) electrons. The molecule has 8 aromatic heterocycles. The van der Waals surface area contributed by atoms with Gasteiger partial charge in [0.1, 0.15) is 20.8 Å². The van der Waals surface area contributed by atoms with Crippen molar-refractivity contribution in [3.63, 3.8) is 0 Å². The molecule has 2 amide bonds. The summed E-state index contributed by atoms with van der Waals surface area (Å²) in [6, 6.07) is 26.2. The van der Waals surface area contributed by atoms with Gasteiger partial charge in [0.05, 0.1) is 60.1 Å². The Morgan fingerprint density at radius 1 is 0.565 bits per heavy atom. The molecule has 4 aromatic carbocycles. The highest BCUT2D eigenvalue weighted by molar-refractivity contribution is 9.10. The van der Waals surface area contributed by atoms with Crippen LogP contribution in [-0.4, -0.2) is 216 Å². The van der Waals surface area contributed by atoms with Gasteiger partial charge in [-0.15, -0.1) is 0 Å². The molecule has 12 aromatic rings. The molecular formula is C83H97BBrCl3F2N18O12S4. The molecule has 8 N–H and O–H groups in total. The molecule has 0 saturated carbocycles. The number of pyridine rings is 3. The lowest BCUT2D eigenvalue weighted by Gasteiger charge is -2.36. The number of hydrogen-bond donors (Lipinski definition) is 6. The summed E-state index contributed by atoms with van der Waals surface area (Å²) < 4.78 is 146. The van der Waals surface area contributed by atoms with Crippen LogP contribution in [-0.2, 0) is 58.6 Å². The number of sulfone groups is 2. The van der Waals surface area contributed by atoms with Crippen LogP contribution in [0.15, 0.2) is 172 Å². The van der Waals surface area contributed by atoms with Gasteiger partial charge in [0.25, 0.3) is 20.0 Å². The first-order valence-electron chi connectivity index (χ1n) is 39.0. The Kier molecular flexibility index (Phi) is 31.5. The summed E-state index contributed by atoms with van der Waals surface area (Å²) >= 11 is 21.9. The van der Waals surface area contributed by atoms with Crippen molar-refractivity contribution in [2.24, 2.45) is 11.5 Å². The number of H-pyrrole nitrogens is 1. The Morgan fingerprint density at radius 3 is 1.41 bits per heavy atom. The third-order valence-electron chi connectivity index (χ3n) is 20.9. The summed E-state index contributed by atoms with van der Waals surface area (Å²) in [5.41, 5.74) is 16.1. The zero-order valence-corrected chi connectivity index (χ0v) is 77.7. The maximum Gasteiger partial charge on any atom is 0.497 e. The number of halogens is 6. The lowest BCUT2D eigenvalue weighted by Crippen LogP contribution is -2.53. The Morgan fingerprint density at radius 2 is 0.992 bits per heavy atom. The first kappa shape index (κ1) is 96.7. The number of benzene rings is 4. The van der Waals surface area contributed by atoms with Crippen molar-refractivity contribution in [3.8, 4) is 22.5 Å².